The van der Waals surface area contributed by atoms with Crippen LogP contribution in [0.2, 0.25) is 0 Å². The number of amides is 2. The second-order valence-electron chi connectivity index (χ2n) is 8.06. The summed E-state index contributed by atoms with van der Waals surface area (Å²) in [4.78, 5) is 26.1. The Bertz CT molecular complexity index is 650. The number of benzene rings is 1. The van der Waals surface area contributed by atoms with E-state index in [4.69, 9.17) is 0 Å². The molecule has 5 nitrogen and oxygen atoms in total. The van der Waals surface area contributed by atoms with Gasteiger partial charge in [0, 0.05) is 32.1 Å². The third-order valence-corrected chi connectivity index (χ3v) is 6.21. The first-order chi connectivity index (χ1) is 12.7. The van der Waals surface area contributed by atoms with E-state index in [1.807, 2.05) is 4.90 Å². The first-order valence-electron chi connectivity index (χ1n) is 10.1. The second-order valence-corrected chi connectivity index (χ2v) is 8.06. The topological polar surface area (TPSA) is 61.4 Å². The number of hydrogen-bond donors (Lipinski definition) is 2. The van der Waals surface area contributed by atoms with Crippen molar-refractivity contribution in [2.75, 3.05) is 6.54 Å². The Hall–Kier alpha value is -1.59. The molecule has 3 fully saturated rings. The Morgan fingerprint density at radius 3 is 2.56 bits per heavy atom. The van der Waals surface area contributed by atoms with E-state index in [0.717, 1.165) is 30.5 Å². The lowest BCUT2D eigenvalue weighted by Gasteiger charge is -2.24. The molecule has 27 heavy (non-hydrogen) atoms. The van der Waals surface area contributed by atoms with Gasteiger partial charge in [-0.15, -0.1) is 12.4 Å². The van der Waals surface area contributed by atoms with Crippen molar-refractivity contribution in [1.82, 2.24) is 15.5 Å². The molecule has 148 valence electrons. The molecule has 2 aliphatic heterocycles. The SMILES string of the molecule is Cl.O=C(NCc1ccc(CN2CCCC2=O)cc1)C1CC2CCCCC2N1. The van der Waals surface area contributed by atoms with E-state index in [2.05, 4.69) is 34.9 Å². The van der Waals surface area contributed by atoms with E-state index in [1.165, 1.54) is 25.7 Å². The molecule has 1 aliphatic carbocycles. The van der Waals surface area contributed by atoms with Gasteiger partial charge in [-0.25, -0.2) is 0 Å². The number of nitrogens with zero attached hydrogens (tertiary/aromatic N) is 1. The molecule has 2 heterocycles. The molecular formula is C21H30ClN3O2. The van der Waals surface area contributed by atoms with Crippen LogP contribution in [0.25, 0.3) is 0 Å². The van der Waals surface area contributed by atoms with Crippen LogP contribution in [0.4, 0.5) is 0 Å². The van der Waals surface area contributed by atoms with E-state index in [1.54, 1.807) is 0 Å². The molecule has 3 atom stereocenters. The Balaban J connectivity index is 0.00000210. The number of likely N-dealkylation sites (tertiary alicyclic amines) is 1. The molecule has 1 aromatic carbocycles. The van der Waals surface area contributed by atoms with Crippen LogP contribution < -0.4 is 10.6 Å². The van der Waals surface area contributed by atoms with Crippen LogP contribution in [0.3, 0.4) is 0 Å². The molecule has 0 aromatic heterocycles. The predicted molar refractivity (Wildman–Crippen MR) is 107 cm³/mol. The van der Waals surface area contributed by atoms with Crippen LogP contribution in [0, 0.1) is 5.92 Å². The summed E-state index contributed by atoms with van der Waals surface area (Å²) < 4.78 is 0. The first kappa shape index (κ1) is 20.2. The molecule has 2 saturated heterocycles. The van der Waals surface area contributed by atoms with Gasteiger partial charge in [-0.05, 0) is 42.7 Å². The highest BCUT2D eigenvalue weighted by Gasteiger charge is 2.37. The van der Waals surface area contributed by atoms with E-state index in [9.17, 15) is 9.59 Å². The molecule has 4 rings (SSSR count). The van der Waals surface area contributed by atoms with Gasteiger partial charge in [0.1, 0.15) is 0 Å². The van der Waals surface area contributed by atoms with Crippen LogP contribution in [0.15, 0.2) is 24.3 Å². The summed E-state index contributed by atoms with van der Waals surface area (Å²) in [6.07, 6.45) is 7.72. The standard InChI is InChI=1S/C21H29N3O2.ClH/c25-20-6-3-11-24(20)14-16-9-7-15(8-10-16)13-22-21(26)19-12-17-4-1-2-5-18(17)23-19;/h7-10,17-19,23H,1-6,11-14H2,(H,22,26);1H. The molecule has 2 N–H and O–H groups in total. The number of nitrogens with one attached hydrogen (secondary N) is 2. The van der Waals surface area contributed by atoms with Crippen molar-refractivity contribution in [3.8, 4) is 0 Å². The lowest BCUT2D eigenvalue weighted by atomic mass is 9.85. The lowest BCUT2D eigenvalue weighted by molar-refractivity contribution is -0.128. The summed E-state index contributed by atoms with van der Waals surface area (Å²) in [6.45, 7) is 2.13. The van der Waals surface area contributed by atoms with Crippen molar-refractivity contribution in [1.29, 1.82) is 0 Å². The van der Waals surface area contributed by atoms with Crippen LogP contribution in [0.5, 0.6) is 0 Å². The number of rotatable bonds is 5. The normalized spacial score (nSPS) is 27.2. The van der Waals surface area contributed by atoms with Gasteiger partial charge < -0.3 is 15.5 Å². The fourth-order valence-electron chi connectivity index (χ4n) is 4.69. The zero-order chi connectivity index (χ0) is 17.9. The van der Waals surface area contributed by atoms with Crippen LogP contribution in [0.1, 0.15) is 56.1 Å². The van der Waals surface area contributed by atoms with Crippen molar-refractivity contribution in [3.63, 3.8) is 0 Å². The van der Waals surface area contributed by atoms with Crippen LogP contribution >= 0.6 is 12.4 Å². The fraction of sp³-hybridized carbons (Fsp3) is 0.619. The van der Waals surface area contributed by atoms with Crippen molar-refractivity contribution in [3.05, 3.63) is 35.4 Å². The Morgan fingerprint density at radius 1 is 1.11 bits per heavy atom. The Morgan fingerprint density at radius 2 is 1.85 bits per heavy atom. The monoisotopic (exact) mass is 391 g/mol. The minimum atomic E-state index is -0.0245. The number of hydrogen-bond acceptors (Lipinski definition) is 3. The van der Waals surface area contributed by atoms with E-state index in [0.29, 0.717) is 31.5 Å². The molecule has 1 aromatic rings. The predicted octanol–water partition coefficient (Wildman–Crippen LogP) is 2.77. The van der Waals surface area contributed by atoms with Crippen LogP contribution in [-0.4, -0.2) is 35.3 Å². The smallest absolute Gasteiger partial charge is 0.237 e. The van der Waals surface area contributed by atoms with Gasteiger partial charge in [-0.3, -0.25) is 9.59 Å². The molecular weight excluding hydrogens is 362 g/mol. The maximum atomic E-state index is 12.5. The summed E-state index contributed by atoms with van der Waals surface area (Å²) >= 11 is 0. The Kier molecular flexibility index (Phi) is 6.77. The number of halogens is 1. The van der Waals surface area contributed by atoms with E-state index in [-0.39, 0.29) is 30.3 Å². The maximum Gasteiger partial charge on any atom is 0.237 e. The first-order valence-corrected chi connectivity index (χ1v) is 10.1. The molecule has 0 bridgehead atoms. The molecule has 2 amide bonds. The minimum absolute atomic E-state index is 0. The summed E-state index contributed by atoms with van der Waals surface area (Å²) in [5.74, 6) is 1.07. The summed E-state index contributed by atoms with van der Waals surface area (Å²) in [5, 5.41) is 6.62. The zero-order valence-electron chi connectivity index (χ0n) is 15.8. The average Bonchev–Trinajstić information content (AvgIpc) is 3.27. The van der Waals surface area contributed by atoms with E-state index >= 15 is 0 Å². The molecule has 3 aliphatic rings. The zero-order valence-corrected chi connectivity index (χ0v) is 16.6. The molecule has 0 radical (unpaired) electrons. The largest absolute Gasteiger partial charge is 0.351 e. The quantitative estimate of drug-likeness (QED) is 0.811. The van der Waals surface area contributed by atoms with Crippen molar-refractivity contribution >= 4 is 24.2 Å². The van der Waals surface area contributed by atoms with E-state index < -0.39 is 0 Å². The molecule has 3 unspecified atom stereocenters. The highest BCUT2D eigenvalue weighted by molar-refractivity contribution is 5.85. The summed E-state index contributed by atoms with van der Waals surface area (Å²) in [5.41, 5.74) is 2.25. The lowest BCUT2D eigenvalue weighted by Crippen LogP contribution is -2.42. The third kappa shape index (κ3) is 4.82. The Labute approximate surface area is 167 Å². The molecule has 1 saturated carbocycles. The fourth-order valence-corrected chi connectivity index (χ4v) is 4.69. The minimum Gasteiger partial charge on any atom is -0.351 e. The highest BCUT2D eigenvalue weighted by Crippen LogP contribution is 2.33. The van der Waals surface area contributed by atoms with Gasteiger partial charge in [-0.2, -0.15) is 0 Å². The molecule has 0 spiro atoms. The number of carbonyl (C=O) groups is 2. The number of fused-ring (bicyclic) bond motifs is 1. The van der Waals surface area contributed by atoms with Gasteiger partial charge in [-0.1, -0.05) is 37.1 Å². The van der Waals surface area contributed by atoms with Gasteiger partial charge in [0.2, 0.25) is 11.8 Å². The maximum absolute atomic E-state index is 12.5. The van der Waals surface area contributed by atoms with Gasteiger partial charge in [0.25, 0.3) is 0 Å². The van der Waals surface area contributed by atoms with Crippen molar-refractivity contribution in [2.24, 2.45) is 5.92 Å². The van der Waals surface area contributed by atoms with Crippen molar-refractivity contribution < 1.29 is 9.59 Å². The van der Waals surface area contributed by atoms with Crippen LogP contribution in [-0.2, 0) is 22.7 Å². The molecule has 6 heteroatoms. The van der Waals surface area contributed by atoms with Crippen molar-refractivity contribution in [2.45, 2.75) is 70.1 Å². The third-order valence-electron chi connectivity index (χ3n) is 6.21. The number of carbonyl (C=O) groups excluding carboxylic acids is 2. The summed E-state index contributed by atoms with van der Waals surface area (Å²) in [7, 11) is 0. The van der Waals surface area contributed by atoms with Gasteiger partial charge >= 0.3 is 0 Å². The highest BCUT2D eigenvalue weighted by atomic mass is 35.5. The summed E-state index contributed by atoms with van der Waals surface area (Å²) in [6, 6.07) is 8.76. The van der Waals surface area contributed by atoms with Gasteiger partial charge in [0.15, 0.2) is 0 Å². The second kappa shape index (κ2) is 9.07. The average molecular weight is 392 g/mol. The van der Waals surface area contributed by atoms with Gasteiger partial charge in [0.05, 0.1) is 6.04 Å².